The Hall–Kier alpha value is -3.19. The molecule has 0 heterocycles. The highest BCUT2D eigenvalue weighted by molar-refractivity contribution is 5.91. The molecule has 0 saturated heterocycles. The minimum absolute atomic E-state index is 0. The zero-order valence-electron chi connectivity index (χ0n) is 24.4. The average molecular weight is 580 g/mol. The van der Waals surface area contributed by atoms with Crippen LogP contribution in [0.25, 0.3) is 0 Å². The summed E-state index contributed by atoms with van der Waals surface area (Å²) in [6, 6.07) is 23.0. The maximum Gasteiger partial charge on any atom is 0.343 e. The Morgan fingerprint density at radius 3 is 2.12 bits per heavy atom. The summed E-state index contributed by atoms with van der Waals surface area (Å²) in [4.78, 5) is 27.8. The van der Waals surface area contributed by atoms with Crippen LogP contribution in [-0.4, -0.2) is 40.6 Å². The monoisotopic (exact) mass is 579 g/mol. The van der Waals surface area contributed by atoms with Crippen molar-refractivity contribution in [2.45, 2.75) is 78.0 Å². The summed E-state index contributed by atoms with van der Waals surface area (Å²) >= 11 is 0. The van der Waals surface area contributed by atoms with E-state index in [-0.39, 0.29) is 36.8 Å². The zero-order valence-corrected chi connectivity index (χ0v) is 25.2. The van der Waals surface area contributed by atoms with Crippen molar-refractivity contribution in [3.63, 3.8) is 0 Å². The molecule has 1 unspecified atom stereocenters. The molecule has 0 aliphatic heterocycles. The Morgan fingerprint density at radius 2 is 1.56 bits per heavy atom. The van der Waals surface area contributed by atoms with Gasteiger partial charge in [-0.15, -0.1) is 12.4 Å². The van der Waals surface area contributed by atoms with Crippen molar-refractivity contribution in [1.29, 1.82) is 0 Å². The molecule has 6 nitrogen and oxygen atoms in total. The third-order valence-electron chi connectivity index (χ3n) is 7.79. The molecule has 1 N–H and O–H groups in total. The normalized spacial score (nSPS) is 14.0. The first kappa shape index (κ1) is 32.3. The SMILES string of the molecule is CC(C)N(CCC(c1ccccc1)c1cc(CO)ccc1OC(=O)c1ccc(OC(=O)C2CCC2)cc1)C(C)C.Cl. The molecule has 1 atom stereocenters. The molecule has 3 aromatic carbocycles. The molecular formula is C34H42ClNO5. The van der Waals surface area contributed by atoms with Gasteiger partial charge in [-0.25, -0.2) is 4.79 Å². The second-order valence-corrected chi connectivity index (χ2v) is 11.2. The number of halogens is 1. The van der Waals surface area contributed by atoms with Crippen LogP contribution >= 0.6 is 12.4 Å². The Kier molecular flexibility index (Phi) is 11.9. The van der Waals surface area contributed by atoms with Gasteiger partial charge in [-0.05, 0) is 101 Å². The van der Waals surface area contributed by atoms with E-state index in [9.17, 15) is 14.7 Å². The van der Waals surface area contributed by atoms with Gasteiger partial charge in [0.05, 0.1) is 18.1 Å². The highest BCUT2D eigenvalue weighted by Gasteiger charge is 2.27. The van der Waals surface area contributed by atoms with Crippen LogP contribution in [0, 0.1) is 5.92 Å². The van der Waals surface area contributed by atoms with Gasteiger partial charge in [-0.3, -0.25) is 9.69 Å². The number of rotatable bonds is 12. The van der Waals surface area contributed by atoms with Crippen molar-refractivity contribution < 1.29 is 24.2 Å². The van der Waals surface area contributed by atoms with E-state index in [2.05, 4.69) is 44.7 Å². The number of esters is 2. The van der Waals surface area contributed by atoms with E-state index in [4.69, 9.17) is 9.47 Å². The van der Waals surface area contributed by atoms with Gasteiger partial charge in [-0.1, -0.05) is 42.8 Å². The van der Waals surface area contributed by atoms with Crippen LogP contribution in [0.5, 0.6) is 11.5 Å². The number of aliphatic hydroxyl groups excluding tert-OH is 1. The average Bonchev–Trinajstić information content (AvgIpc) is 2.91. The number of benzene rings is 3. The Bertz CT molecular complexity index is 1260. The Balaban J connectivity index is 0.00000462. The molecule has 4 rings (SSSR count). The Morgan fingerprint density at radius 1 is 0.902 bits per heavy atom. The molecule has 1 aliphatic rings. The van der Waals surface area contributed by atoms with Crippen LogP contribution in [-0.2, 0) is 11.4 Å². The summed E-state index contributed by atoms with van der Waals surface area (Å²) in [5.74, 6) is 0.130. The highest BCUT2D eigenvalue weighted by atomic mass is 35.5. The molecule has 1 saturated carbocycles. The first-order valence-corrected chi connectivity index (χ1v) is 14.3. The van der Waals surface area contributed by atoms with Crippen LogP contribution in [0.1, 0.15) is 86.3 Å². The maximum absolute atomic E-state index is 13.2. The van der Waals surface area contributed by atoms with Crippen LogP contribution in [0.4, 0.5) is 0 Å². The summed E-state index contributed by atoms with van der Waals surface area (Å²) in [5.41, 5.74) is 3.12. The molecule has 0 radical (unpaired) electrons. The number of carbonyl (C=O) groups excluding carboxylic acids is 2. The molecule has 0 spiro atoms. The lowest BCUT2D eigenvalue weighted by Crippen LogP contribution is -2.38. The molecule has 3 aromatic rings. The number of nitrogens with zero attached hydrogens (tertiary/aromatic N) is 1. The van der Waals surface area contributed by atoms with Crippen LogP contribution in [0.3, 0.4) is 0 Å². The van der Waals surface area contributed by atoms with Gasteiger partial charge in [0.15, 0.2) is 0 Å². The van der Waals surface area contributed by atoms with E-state index in [0.717, 1.165) is 48.9 Å². The van der Waals surface area contributed by atoms with Crippen molar-refractivity contribution in [2.24, 2.45) is 5.92 Å². The van der Waals surface area contributed by atoms with Gasteiger partial charge in [0.25, 0.3) is 0 Å². The van der Waals surface area contributed by atoms with E-state index >= 15 is 0 Å². The third-order valence-corrected chi connectivity index (χ3v) is 7.79. The fourth-order valence-electron chi connectivity index (χ4n) is 5.30. The smallest absolute Gasteiger partial charge is 0.343 e. The molecule has 0 aromatic heterocycles. The van der Waals surface area contributed by atoms with Crippen molar-refractivity contribution in [3.05, 3.63) is 95.1 Å². The van der Waals surface area contributed by atoms with Crippen LogP contribution < -0.4 is 9.47 Å². The minimum atomic E-state index is -0.493. The standard InChI is InChI=1S/C34H41NO5.ClH/c1-23(2)35(24(3)4)20-19-30(26-9-6-5-7-10-26)31-21-25(22-36)13-18-32(31)40-34(38)28-14-16-29(17-15-28)39-33(37)27-11-8-12-27;/h5-7,9-10,13-18,21,23-24,27,30,36H,8,11-12,19-20,22H2,1-4H3;1H. The van der Waals surface area contributed by atoms with Gasteiger partial charge in [0, 0.05) is 23.6 Å². The summed E-state index contributed by atoms with van der Waals surface area (Å²) < 4.78 is 11.4. The molecule has 220 valence electrons. The van der Waals surface area contributed by atoms with Crippen LogP contribution in [0.2, 0.25) is 0 Å². The summed E-state index contributed by atoms with van der Waals surface area (Å²) in [6.07, 6.45) is 3.63. The van der Waals surface area contributed by atoms with E-state index in [1.165, 1.54) is 0 Å². The second kappa shape index (κ2) is 15.2. The number of ether oxygens (including phenoxy) is 2. The number of aliphatic hydroxyl groups is 1. The molecule has 7 heteroatoms. The van der Waals surface area contributed by atoms with E-state index < -0.39 is 5.97 Å². The van der Waals surface area contributed by atoms with Gasteiger partial charge in [0.1, 0.15) is 11.5 Å². The van der Waals surface area contributed by atoms with Crippen molar-refractivity contribution in [1.82, 2.24) is 4.90 Å². The maximum atomic E-state index is 13.2. The lowest BCUT2D eigenvalue weighted by molar-refractivity contribution is -0.141. The predicted octanol–water partition coefficient (Wildman–Crippen LogP) is 7.17. The summed E-state index contributed by atoms with van der Waals surface area (Å²) in [7, 11) is 0. The van der Waals surface area contributed by atoms with Crippen molar-refractivity contribution >= 4 is 24.3 Å². The molecule has 41 heavy (non-hydrogen) atoms. The fourth-order valence-corrected chi connectivity index (χ4v) is 5.30. The number of carbonyl (C=O) groups is 2. The molecular weight excluding hydrogens is 538 g/mol. The highest BCUT2D eigenvalue weighted by Crippen LogP contribution is 2.36. The first-order valence-electron chi connectivity index (χ1n) is 14.3. The lowest BCUT2D eigenvalue weighted by Gasteiger charge is -2.32. The number of hydrogen-bond acceptors (Lipinski definition) is 6. The van der Waals surface area contributed by atoms with Gasteiger partial charge >= 0.3 is 11.9 Å². The van der Waals surface area contributed by atoms with Gasteiger partial charge in [0.2, 0.25) is 0 Å². The third kappa shape index (κ3) is 8.41. The molecule has 1 aliphatic carbocycles. The van der Waals surface area contributed by atoms with Crippen molar-refractivity contribution in [2.75, 3.05) is 6.54 Å². The van der Waals surface area contributed by atoms with E-state index in [1.54, 1.807) is 36.4 Å². The quantitative estimate of drug-likeness (QED) is 0.181. The van der Waals surface area contributed by atoms with Gasteiger partial charge < -0.3 is 14.6 Å². The van der Waals surface area contributed by atoms with Gasteiger partial charge in [-0.2, -0.15) is 0 Å². The molecule has 0 amide bonds. The summed E-state index contributed by atoms with van der Waals surface area (Å²) in [5, 5.41) is 9.92. The Labute approximate surface area is 250 Å². The topological polar surface area (TPSA) is 76.1 Å². The second-order valence-electron chi connectivity index (χ2n) is 11.2. The summed E-state index contributed by atoms with van der Waals surface area (Å²) in [6.45, 7) is 9.58. The minimum Gasteiger partial charge on any atom is -0.426 e. The first-order chi connectivity index (χ1) is 19.3. The van der Waals surface area contributed by atoms with Crippen LogP contribution in [0.15, 0.2) is 72.8 Å². The molecule has 1 fully saturated rings. The largest absolute Gasteiger partial charge is 0.426 e. The number of hydrogen-bond donors (Lipinski definition) is 1. The van der Waals surface area contributed by atoms with E-state index in [0.29, 0.717) is 29.1 Å². The molecule has 0 bridgehead atoms. The lowest BCUT2D eigenvalue weighted by atomic mass is 9.86. The zero-order chi connectivity index (χ0) is 28.6. The predicted molar refractivity (Wildman–Crippen MR) is 164 cm³/mol. The fraction of sp³-hybridized carbons (Fsp3) is 0.412. The van der Waals surface area contributed by atoms with E-state index in [1.807, 2.05) is 24.3 Å². The van der Waals surface area contributed by atoms with Crippen molar-refractivity contribution in [3.8, 4) is 11.5 Å².